The minimum absolute atomic E-state index is 0.373. The van der Waals surface area contributed by atoms with Crippen LogP contribution in [0.2, 0.25) is 0 Å². The van der Waals surface area contributed by atoms with Gasteiger partial charge in [0.2, 0.25) is 0 Å². The van der Waals surface area contributed by atoms with Gasteiger partial charge in [-0.15, -0.1) is 11.3 Å². The first-order valence-corrected chi connectivity index (χ1v) is 7.02. The zero-order valence-electron chi connectivity index (χ0n) is 11.2. The lowest BCUT2D eigenvalue weighted by Crippen LogP contribution is -1.93. The maximum atomic E-state index is 6.00. The number of hydrogen-bond acceptors (Lipinski definition) is 5. The maximum absolute atomic E-state index is 6.00. The van der Waals surface area contributed by atoms with Gasteiger partial charge in [0.05, 0.1) is 17.6 Å². The van der Waals surface area contributed by atoms with Gasteiger partial charge >= 0.3 is 0 Å². The standard InChI is InChI=1S/C15H14N2O2S/c1-9-5-6-11(18-2)10(8-9)13-14(19-17-15(13)16)12-4-3-7-20-12/h3-8H,1-2H3,(H2,16,17). The third-order valence-corrected chi connectivity index (χ3v) is 3.96. The highest BCUT2D eigenvalue weighted by atomic mass is 32.1. The third kappa shape index (κ3) is 2.06. The van der Waals surface area contributed by atoms with Crippen LogP contribution in [-0.4, -0.2) is 12.3 Å². The summed E-state index contributed by atoms with van der Waals surface area (Å²) in [5.41, 5.74) is 8.80. The van der Waals surface area contributed by atoms with Crippen molar-refractivity contribution >= 4 is 17.2 Å². The molecule has 0 radical (unpaired) electrons. The van der Waals surface area contributed by atoms with Gasteiger partial charge in [0.1, 0.15) is 5.75 Å². The summed E-state index contributed by atoms with van der Waals surface area (Å²) in [6, 6.07) is 9.90. The molecule has 2 heterocycles. The molecule has 0 saturated heterocycles. The first-order chi connectivity index (χ1) is 9.70. The molecule has 4 nitrogen and oxygen atoms in total. The molecule has 102 valence electrons. The lowest BCUT2D eigenvalue weighted by molar-refractivity contribution is 0.416. The summed E-state index contributed by atoms with van der Waals surface area (Å²) in [6.45, 7) is 2.03. The second-order valence-corrected chi connectivity index (χ2v) is 5.40. The molecule has 1 aromatic carbocycles. The monoisotopic (exact) mass is 286 g/mol. The molecule has 2 N–H and O–H groups in total. The third-order valence-electron chi connectivity index (χ3n) is 3.09. The Hall–Kier alpha value is -2.27. The minimum Gasteiger partial charge on any atom is -0.496 e. The number of hydrogen-bond donors (Lipinski definition) is 1. The largest absolute Gasteiger partial charge is 0.496 e. The summed E-state index contributed by atoms with van der Waals surface area (Å²) in [6.07, 6.45) is 0. The van der Waals surface area contributed by atoms with E-state index in [9.17, 15) is 0 Å². The fraction of sp³-hybridized carbons (Fsp3) is 0.133. The Bertz CT molecular complexity index is 732. The number of aromatic nitrogens is 1. The predicted molar refractivity (Wildman–Crippen MR) is 81.0 cm³/mol. The number of benzene rings is 1. The van der Waals surface area contributed by atoms with E-state index in [2.05, 4.69) is 5.16 Å². The second kappa shape index (κ2) is 5.02. The van der Waals surface area contributed by atoms with Crippen LogP contribution in [0.5, 0.6) is 5.75 Å². The minimum atomic E-state index is 0.373. The molecule has 3 aromatic rings. The molecule has 0 saturated carbocycles. The fourth-order valence-corrected chi connectivity index (χ4v) is 2.86. The first kappa shape index (κ1) is 12.7. The van der Waals surface area contributed by atoms with Crippen molar-refractivity contribution in [3.63, 3.8) is 0 Å². The Labute approximate surface area is 120 Å². The quantitative estimate of drug-likeness (QED) is 0.791. The van der Waals surface area contributed by atoms with E-state index in [1.54, 1.807) is 18.4 Å². The normalized spacial score (nSPS) is 10.7. The molecule has 3 rings (SSSR count). The predicted octanol–water partition coefficient (Wildman–Crippen LogP) is 3.97. The number of anilines is 1. The van der Waals surface area contributed by atoms with Crippen molar-refractivity contribution in [1.29, 1.82) is 0 Å². The van der Waals surface area contributed by atoms with Crippen LogP contribution in [0.1, 0.15) is 5.56 Å². The molecule has 0 aliphatic heterocycles. The van der Waals surface area contributed by atoms with E-state index in [0.29, 0.717) is 11.6 Å². The highest BCUT2D eigenvalue weighted by Crippen LogP contribution is 2.42. The number of ether oxygens (including phenoxy) is 1. The number of methoxy groups -OCH3 is 1. The average molecular weight is 286 g/mol. The maximum Gasteiger partial charge on any atom is 0.186 e. The van der Waals surface area contributed by atoms with Crippen molar-refractivity contribution in [3.8, 4) is 27.5 Å². The zero-order chi connectivity index (χ0) is 14.1. The Morgan fingerprint density at radius 3 is 2.85 bits per heavy atom. The molecule has 0 atom stereocenters. The van der Waals surface area contributed by atoms with Crippen molar-refractivity contribution in [2.24, 2.45) is 0 Å². The molecule has 2 aromatic heterocycles. The number of rotatable bonds is 3. The highest BCUT2D eigenvalue weighted by molar-refractivity contribution is 7.13. The zero-order valence-corrected chi connectivity index (χ0v) is 12.0. The van der Waals surface area contributed by atoms with Gasteiger partial charge in [-0.25, -0.2) is 0 Å². The molecule has 0 aliphatic carbocycles. The van der Waals surface area contributed by atoms with Crippen LogP contribution in [0.15, 0.2) is 40.2 Å². The molecule has 20 heavy (non-hydrogen) atoms. The number of nitrogen functional groups attached to an aromatic ring is 1. The molecule has 0 spiro atoms. The van der Waals surface area contributed by atoms with Crippen molar-refractivity contribution in [2.75, 3.05) is 12.8 Å². The van der Waals surface area contributed by atoms with E-state index < -0.39 is 0 Å². The van der Waals surface area contributed by atoms with Crippen LogP contribution in [-0.2, 0) is 0 Å². The van der Waals surface area contributed by atoms with E-state index in [4.69, 9.17) is 15.0 Å². The second-order valence-electron chi connectivity index (χ2n) is 4.45. The van der Waals surface area contributed by atoms with Crippen LogP contribution in [0.3, 0.4) is 0 Å². The van der Waals surface area contributed by atoms with E-state index in [1.165, 1.54) is 0 Å². The Kier molecular flexibility index (Phi) is 3.20. The molecular formula is C15H14N2O2S. The van der Waals surface area contributed by atoms with Gasteiger partial charge in [-0.2, -0.15) is 0 Å². The summed E-state index contributed by atoms with van der Waals surface area (Å²) < 4.78 is 10.8. The van der Waals surface area contributed by atoms with Gasteiger partial charge in [-0.05, 0) is 30.5 Å². The van der Waals surface area contributed by atoms with Crippen LogP contribution in [0.4, 0.5) is 5.82 Å². The van der Waals surface area contributed by atoms with Crippen molar-refractivity contribution in [2.45, 2.75) is 6.92 Å². The smallest absolute Gasteiger partial charge is 0.186 e. The summed E-state index contributed by atoms with van der Waals surface area (Å²) in [5, 5.41) is 5.90. The molecule has 0 aliphatic rings. The summed E-state index contributed by atoms with van der Waals surface area (Å²) in [7, 11) is 1.64. The number of nitrogens with zero attached hydrogens (tertiary/aromatic N) is 1. The van der Waals surface area contributed by atoms with Gasteiger partial charge < -0.3 is 15.0 Å². The highest BCUT2D eigenvalue weighted by Gasteiger charge is 2.21. The van der Waals surface area contributed by atoms with Crippen molar-refractivity contribution in [1.82, 2.24) is 5.16 Å². The SMILES string of the molecule is COc1ccc(C)cc1-c1c(N)noc1-c1cccs1. The Morgan fingerprint density at radius 1 is 1.30 bits per heavy atom. The Morgan fingerprint density at radius 2 is 2.15 bits per heavy atom. The van der Waals surface area contributed by atoms with Crippen molar-refractivity contribution < 1.29 is 9.26 Å². The molecule has 0 unspecified atom stereocenters. The van der Waals surface area contributed by atoms with Gasteiger partial charge in [0.15, 0.2) is 11.6 Å². The molecule has 0 bridgehead atoms. The van der Waals surface area contributed by atoms with Gasteiger partial charge in [0.25, 0.3) is 0 Å². The molecule has 0 amide bonds. The number of nitrogens with two attached hydrogens (primary N) is 1. The van der Waals surface area contributed by atoms with E-state index in [-0.39, 0.29) is 0 Å². The van der Waals surface area contributed by atoms with E-state index in [1.807, 2.05) is 42.6 Å². The van der Waals surface area contributed by atoms with E-state index >= 15 is 0 Å². The lowest BCUT2D eigenvalue weighted by atomic mass is 10.0. The molecular weight excluding hydrogens is 272 g/mol. The van der Waals surface area contributed by atoms with E-state index in [0.717, 1.165) is 27.3 Å². The molecule has 5 heteroatoms. The number of aryl methyl sites for hydroxylation is 1. The van der Waals surface area contributed by atoms with Crippen LogP contribution in [0, 0.1) is 6.92 Å². The summed E-state index contributed by atoms with van der Waals surface area (Å²) in [4.78, 5) is 0.993. The van der Waals surface area contributed by atoms with Crippen LogP contribution >= 0.6 is 11.3 Å². The van der Waals surface area contributed by atoms with Crippen molar-refractivity contribution in [3.05, 3.63) is 41.3 Å². The van der Waals surface area contributed by atoms with Crippen LogP contribution in [0.25, 0.3) is 21.8 Å². The molecule has 0 fully saturated rings. The van der Waals surface area contributed by atoms with Gasteiger partial charge in [-0.3, -0.25) is 0 Å². The summed E-state index contributed by atoms with van der Waals surface area (Å²) in [5.74, 6) is 1.81. The van der Waals surface area contributed by atoms with Gasteiger partial charge in [-0.1, -0.05) is 22.9 Å². The topological polar surface area (TPSA) is 61.3 Å². The van der Waals surface area contributed by atoms with Gasteiger partial charge in [0, 0.05) is 5.56 Å². The number of thiophene rings is 1. The lowest BCUT2D eigenvalue weighted by Gasteiger charge is -2.09. The summed E-state index contributed by atoms with van der Waals surface area (Å²) >= 11 is 1.59. The first-order valence-electron chi connectivity index (χ1n) is 6.14. The fourth-order valence-electron chi connectivity index (χ4n) is 2.16. The Balaban J connectivity index is 2.25. The van der Waals surface area contributed by atoms with Crippen LogP contribution < -0.4 is 10.5 Å². The average Bonchev–Trinajstić information content (AvgIpc) is 3.07.